The second-order valence-electron chi connectivity index (χ2n) is 4.11. The highest BCUT2D eigenvalue weighted by Crippen LogP contribution is 2.23. The monoisotopic (exact) mass is 266 g/mol. The molecule has 6 heteroatoms. The Balaban J connectivity index is 2.13. The van der Waals surface area contributed by atoms with Crippen LogP contribution in [0.5, 0.6) is 0 Å². The summed E-state index contributed by atoms with van der Waals surface area (Å²) >= 11 is 0. The molecule has 0 aliphatic carbocycles. The summed E-state index contributed by atoms with van der Waals surface area (Å²) in [5.74, 6) is 0.0416. The lowest BCUT2D eigenvalue weighted by atomic mass is 10.2. The maximum atomic E-state index is 11.3. The third-order valence-electron chi connectivity index (χ3n) is 2.83. The molecule has 1 heterocycles. The molecule has 0 saturated carbocycles. The smallest absolute Gasteiger partial charge is 0.234 e. The second-order valence-corrected chi connectivity index (χ2v) is 4.11. The van der Waals surface area contributed by atoms with Crippen molar-refractivity contribution in [2.75, 3.05) is 5.01 Å². The molecular formula is C14H10N4O2. The van der Waals surface area contributed by atoms with Crippen molar-refractivity contribution in [1.82, 2.24) is 9.97 Å². The van der Waals surface area contributed by atoms with E-state index in [0.29, 0.717) is 11.2 Å². The first kappa shape index (κ1) is 12.0. The maximum Gasteiger partial charge on any atom is 0.295 e. The van der Waals surface area contributed by atoms with E-state index >= 15 is 0 Å². The highest BCUT2D eigenvalue weighted by atomic mass is 16.7. The lowest BCUT2D eigenvalue weighted by molar-refractivity contribution is -0.484. The molecule has 0 aliphatic heterocycles. The van der Waals surface area contributed by atoms with Gasteiger partial charge in [0.05, 0.1) is 5.52 Å². The van der Waals surface area contributed by atoms with Crippen molar-refractivity contribution < 1.29 is 5.03 Å². The predicted molar refractivity (Wildman–Crippen MR) is 75.1 cm³/mol. The van der Waals surface area contributed by atoms with Crippen LogP contribution in [0, 0.1) is 10.1 Å². The first-order valence-electron chi connectivity index (χ1n) is 5.97. The highest BCUT2D eigenvalue weighted by molar-refractivity contribution is 5.78. The minimum atomic E-state index is -0.528. The summed E-state index contributed by atoms with van der Waals surface area (Å²) in [6.07, 6.45) is 1.58. The van der Waals surface area contributed by atoms with Crippen LogP contribution in [-0.4, -0.2) is 15.0 Å². The maximum absolute atomic E-state index is 11.3. The Hall–Kier alpha value is -3.02. The van der Waals surface area contributed by atoms with Crippen LogP contribution < -0.4 is 5.01 Å². The van der Waals surface area contributed by atoms with Gasteiger partial charge in [-0.1, -0.05) is 36.4 Å². The normalized spacial score (nSPS) is 10.4. The van der Waals surface area contributed by atoms with E-state index < -0.39 is 5.03 Å². The zero-order valence-corrected chi connectivity index (χ0v) is 10.4. The van der Waals surface area contributed by atoms with Crippen LogP contribution in [-0.2, 0) is 0 Å². The summed E-state index contributed by atoms with van der Waals surface area (Å²) in [5, 5.41) is 12.5. The Morgan fingerprint density at radius 1 is 1.00 bits per heavy atom. The van der Waals surface area contributed by atoms with Crippen LogP contribution in [0.4, 0.5) is 11.6 Å². The lowest BCUT2D eigenvalue weighted by Gasteiger charge is -2.12. The second kappa shape index (κ2) is 4.93. The number of hydrogen-bond donors (Lipinski definition) is 0. The van der Waals surface area contributed by atoms with E-state index in [9.17, 15) is 10.1 Å². The van der Waals surface area contributed by atoms with Gasteiger partial charge < -0.3 is 0 Å². The molecule has 98 valence electrons. The number of para-hydroxylation sites is 2. The first-order chi connectivity index (χ1) is 9.75. The Bertz CT molecular complexity index is 761. The minimum Gasteiger partial charge on any atom is -0.234 e. The van der Waals surface area contributed by atoms with Crippen molar-refractivity contribution in [3.63, 3.8) is 0 Å². The fourth-order valence-corrected chi connectivity index (χ4v) is 1.92. The van der Waals surface area contributed by atoms with E-state index in [-0.39, 0.29) is 5.95 Å². The third-order valence-corrected chi connectivity index (χ3v) is 2.83. The van der Waals surface area contributed by atoms with Crippen molar-refractivity contribution in [2.45, 2.75) is 0 Å². The molecule has 0 atom stereocenters. The quantitative estimate of drug-likeness (QED) is 0.538. The summed E-state index contributed by atoms with van der Waals surface area (Å²) in [6, 6.07) is 15.9. The summed E-state index contributed by atoms with van der Waals surface area (Å²) in [6.45, 7) is 0. The van der Waals surface area contributed by atoms with Gasteiger partial charge in [-0.3, -0.25) is 0 Å². The average Bonchev–Trinajstić information content (AvgIpc) is 2.48. The van der Waals surface area contributed by atoms with Crippen molar-refractivity contribution >= 4 is 22.5 Å². The molecule has 0 amide bonds. The molecule has 0 fully saturated rings. The number of rotatable bonds is 3. The van der Waals surface area contributed by atoms with Crippen LogP contribution in [0.25, 0.3) is 10.9 Å². The average molecular weight is 266 g/mol. The van der Waals surface area contributed by atoms with E-state index in [2.05, 4.69) is 9.97 Å². The molecule has 3 rings (SSSR count). The Morgan fingerprint density at radius 3 is 2.45 bits per heavy atom. The number of fused-ring (bicyclic) bond motifs is 1. The number of aromatic nitrogens is 2. The Morgan fingerprint density at radius 2 is 1.70 bits per heavy atom. The van der Waals surface area contributed by atoms with Gasteiger partial charge in [-0.25, -0.2) is 20.1 Å². The van der Waals surface area contributed by atoms with Gasteiger partial charge in [0, 0.05) is 11.6 Å². The highest BCUT2D eigenvalue weighted by Gasteiger charge is 2.23. The summed E-state index contributed by atoms with van der Waals surface area (Å²) in [5.41, 5.74) is 1.08. The van der Waals surface area contributed by atoms with Crippen molar-refractivity contribution in [2.24, 2.45) is 0 Å². The summed E-state index contributed by atoms with van der Waals surface area (Å²) in [7, 11) is 0. The molecule has 6 nitrogen and oxygen atoms in total. The van der Waals surface area contributed by atoms with Crippen molar-refractivity contribution in [3.05, 3.63) is 70.9 Å². The summed E-state index contributed by atoms with van der Waals surface area (Å²) in [4.78, 5) is 19.6. The molecule has 20 heavy (non-hydrogen) atoms. The Kier molecular flexibility index (Phi) is 2.96. The van der Waals surface area contributed by atoms with Crippen LogP contribution in [0.15, 0.2) is 60.8 Å². The van der Waals surface area contributed by atoms with E-state index in [1.807, 2.05) is 18.2 Å². The van der Waals surface area contributed by atoms with Crippen LogP contribution in [0.3, 0.4) is 0 Å². The zero-order valence-electron chi connectivity index (χ0n) is 10.4. The van der Waals surface area contributed by atoms with Gasteiger partial charge >= 0.3 is 0 Å². The van der Waals surface area contributed by atoms with E-state index in [0.717, 1.165) is 10.4 Å². The first-order valence-corrected chi connectivity index (χ1v) is 5.97. The summed E-state index contributed by atoms with van der Waals surface area (Å²) < 4.78 is 0. The molecule has 3 aromatic rings. The molecule has 0 unspecified atom stereocenters. The Labute approximate surface area is 114 Å². The van der Waals surface area contributed by atoms with Gasteiger partial charge in [0.15, 0.2) is 5.03 Å². The van der Waals surface area contributed by atoms with E-state index in [1.165, 1.54) is 0 Å². The van der Waals surface area contributed by atoms with Crippen molar-refractivity contribution in [3.8, 4) is 0 Å². The number of hydrazine groups is 1. The van der Waals surface area contributed by atoms with Gasteiger partial charge in [0.25, 0.3) is 5.95 Å². The molecule has 0 radical (unpaired) electrons. The van der Waals surface area contributed by atoms with Gasteiger partial charge in [-0.15, -0.1) is 0 Å². The largest absolute Gasteiger partial charge is 0.295 e. The molecular weight excluding hydrogens is 256 g/mol. The molecule has 0 spiro atoms. The number of benzene rings is 2. The molecule has 0 N–H and O–H groups in total. The number of hydrogen-bond acceptors (Lipinski definition) is 4. The number of anilines is 2. The molecule has 2 aromatic carbocycles. The van der Waals surface area contributed by atoms with Gasteiger partial charge in [0.1, 0.15) is 5.69 Å². The van der Waals surface area contributed by atoms with Crippen LogP contribution >= 0.6 is 0 Å². The minimum absolute atomic E-state index is 0.0416. The predicted octanol–water partition coefficient (Wildman–Crippen LogP) is 2.96. The molecule has 0 aliphatic rings. The molecule has 0 bridgehead atoms. The lowest BCUT2D eigenvalue weighted by Crippen LogP contribution is -2.26. The third kappa shape index (κ3) is 2.14. The van der Waals surface area contributed by atoms with Gasteiger partial charge in [-0.05, 0) is 23.2 Å². The number of nitrogens with zero attached hydrogens (tertiary/aromatic N) is 4. The van der Waals surface area contributed by atoms with Gasteiger partial charge in [-0.2, -0.15) is 0 Å². The molecule has 0 saturated heterocycles. The fourth-order valence-electron chi connectivity index (χ4n) is 1.92. The zero-order chi connectivity index (χ0) is 13.9. The topological polar surface area (TPSA) is 72.2 Å². The standard InChI is InChI=1S/C14H10N4O2/c19-18(20)17(12-7-2-1-3-8-12)14-15-10-11-6-4-5-9-13(11)16-14/h1-10H. The molecule has 1 aromatic heterocycles. The van der Waals surface area contributed by atoms with E-state index in [1.54, 1.807) is 42.6 Å². The van der Waals surface area contributed by atoms with Crippen molar-refractivity contribution in [1.29, 1.82) is 0 Å². The van der Waals surface area contributed by atoms with Crippen LogP contribution in [0.2, 0.25) is 0 Å². The number of nitro groups is 1. The van der Waals surface area contributed by atoms with Gasteiger partial charge in [0.2, 0.25) is 0 Å². The fraction of sp³-hybridized carbons (Fsp3) is 0. The SMILES string of the molecule is O=[N+]([O-])N(c1ccccc1)c1ncc2ccccc2n1. The van der Waals surface area contributed by atoms with E-state index in [4.69, 9.17) is 0 Å². The van der Waals surface area contributed by atoms with Crippen LogP contribution in [0.1, 0.15) is 0 Å².